The van der Waals surface area contributed by atoms with Crippen LogP contribution in [0.5, 0.6) is 0 Å². The summed E-state index contributed by atoms with van der Waals surface area (Å²) in [6.07, 6.45) is -0.200. The van der Waals surface area contributed by atoms with E-state index in [2.05, 4.69) is 22.0 Å². The molecule has 1 fully saturated rings. The first-order valence-electron chi connectivity index (χ1n) is 6.90. The van der Waals surface area contributed by atoms with Gasteiger partial charge in [-0.15, -0.1) is 0 Å². The molecule has 7 heteroatoms. The summed E-state index contributed by atoms with van der Waals surface area (Å²) < 4.78 is 24.1. The van der Waals surface area contributed by atoms with Crippen molar-refractivity contribution in [2.45, 2.75) is 13.0 Å². The maximum atomic E-state index is 13.2. The number of morpholine rings is 1. The number of ether oxygens (including phenoxy) is 1. The van der Waals surface area contributed by atoms with Crippen molar-refractivity contribution in [1.29, 1.82) is 0 Å². The summed E-state index contributed by atoms with van der Waals surface area (Å²) >= 11 is 0. The standard InChI is InChI=1S/C14H17FN4O2/c1-2-19-5-6-20-12(8-19)13-17-14(21-18-13)9-3-4-10(15)11(16)7-9/h3-4,7,12H,2,5-6,8,16H2,1H3. The second-order valence-corrected chi connectivity index (χ2v) is 4.95. The molecule has 0 radical (unpaired) electrons. The van der Waals surface area contributed by atoms with Gasteiger partial charge in [0.25, 0.3) is 5.89 Å². The number of halogens is 1. The van der Waals surface area contributed by atoms with Crippen LogP contribution in [0.25, 0.3) is 11.5 Å². The number of nitrogen functional groups attached to an aromatic ring is 1. The zero-order valence-electron chi connectivity index (χ0n) is 11.8. The molecule has 1 atom stereocenters. The summed E-state index contributed by atoms with van der Waals surface area (Å²) in [6.45, 7) is 5.35. The molecule has 1 aliphatic rings. The number of hydrogen-bond acceptors (Lipinski definition) is 6. The minimum Gasteiger partial charge on any atom is -0.396 e. The van der Waals surface area contributed by atoms with Crippen LogP contribution in [0.4, 0.5) is 10.1 Å². The maximum Gasteiger partial charge on any atom is 0.258 e. The molecular formula is C14H17FN4O2. The first-order chi connectivity index (χ1) is 10.2. The molecule has 0 bridgehead atoms. The Labute approximate surface area is 121 Å². The monoisotopic (exact) mass is 292 g/mol. The van der Waals surface area contributed by atoms with E-state index in [4.69, 9.17) is 15.0 Å². The molecule has 3 rings (SSSR count). The minimum absolute atomic E-state index is 0.0540. The Morgan fingerprint density at radius 3 is 3.10 bits per heavy atom. The van der Waals surface area contributed by atoms with Crippen LogP contribution in [0.1, 0.15) is 18.9 Å². The van der Waals surface area contributed by atoms with Gasteiger partial charge in [0.15, 0.2) is 0 Å². The Morgan fingerprint density at radius 1 is 1.48 bits per heavy atom. The summed E-state index contributed by atoms with van der Waals surface area (Å²) in [5.74, 6) is 0.354. The smallest absolute Gasteiger partial charge is 0.258 e. The third kappa shape index (κ3) is 2.88. The van der Waals surface area contributed by atoms with Crippen molar-refractivity contribution < 1.29 is 13.7 Å². The molecule has 2 heterocycles. The third-order valence-corrected chi connectivity index (χ3v) is 3.57. The van der Waals surface area contributed by atoms with Gasteiger partial charge >= 0.3 is 0 Å². The number of aromatic nitrogens is 2. The van der Waals surface area contributed by atoms with Crippen molar-refractivity contribution in [3.8, 4) is 11.5 Å². The molecule has 1 saturated heterocycles. The van der Waals surface area contributed by atoms with E-state index in [-0.39, 0.29) is 11.8 Å². The zero-order valence-corrected chi connectivity index (χ0v) is 11.8. The molecule has 0 aliphatic carbocycles. The van der Waals surface area contributed by atoms with Crippen LogP contribution in [0.2, 0.25) is 0 Å². The Bertz CT molecular complexity index is 631. The molecule has 21 heavy (non-hydrogen) atoms. The first kappa shape index (κ1) is 14.0. The highest BCUT2D eigenvalue weighted by atomic mass is 19.1. The van der Waals surface area contributed by atoms with Gasteiger partial charge in [0.1, 0.15) is 11.9 Å². The highest BCUT2D eigenvalue weighted by molar-refractivity contribution is 5.60. The molecule has 6 nitrogen and oxygen atoms in total. The van der Waals surface area contributed by atoms with Gasteiger partial charge < -0.3 is 15.0 Å². The second kappa shape index (κ2) is 5.79. The average molecular weight is 292 g/mol. The number of likely N-dealkylation sites (N-methyl/N-ethyl adjacent to an activating group) is 1. The maximum absolute atomic E-state index is 13.2. The highest BCUT2D eigenvalue weighted by Gasteiger charge is 2.25. The van der Waals surface area contributed by atoms with Crippen LogP contribution >= 0.6 is 0 Å². The van der Waals surface area contributed by atoms with E-state index in [1.165, 1.54) is 12.1 Å². The third-order valence-electron chi connectivity index (χ3n) is 3.57. The second-order valence-electron chi connectivity index (χ2n) is 4.95. The van der Waals surface area contributed by atoms with E-state index in [1.807, 2.05) is 0 Å². The minimum atomic E-state index is -0.465. The largest absolute Gasteiger partial charge is 0.396 e. The van der Waals surface area contributed by atoms with Gasteiger partial charge in [-0.1, -0.05) is 12.1 Å². The van der Waals surface area contributed by atoms with Crippen LogP contribution in [-0.4, -0.2) is 41.3 Å². The van der Waals surface area contributed by atoms with E-state index in [0.29, 0.717) is 23.9 Å². The van der Waals surface area contributed by atoms with Gasteiger partial charge in [-0.3, -0.25) is 4.90 Å². The topological polar surface area (TPSA) is 77.4 Å². The van der Waals surface area contributed by atoms with Gasteiger partial charge in [-0.25, -0.2) is 4.39 Å². The number of anilines is 1. The molecule has 0 spiro atoms. The fourth-order valence-electron chi connectivity index (χ4n) is 2.31. The van der Waals surface area contributed by atoms with E-state index < -0.39 is 5.82 Å². The fraction of sp³-hybridized carbons (Fsp3) is 0.429. The Kier molecular flexibility index (Phi) is 3.85. The Morgan fingerprint density at radius 2 is 2.33 bits per heavy atom. The molecule has 0 saturated carbocycles. The highest BCUT2D eigenvalue weighted by Crippen LogP contribution is 2.25. The van der Waals surface area contributed by atoms with Gasteiger partial charge in [0.05, 0.1) is 12.3 Å². The van der Waals surface area contributed by atoms with Crippen LogP contribution in [-0.2, 0) is 4.74 Å². The lowest BCUT2D eigenvalue weighted by Crippen LogP contribution is -2.38. The molecule has 2 N–H and O–H groups in total. The SMILES string of the molecule is CCN1CCOC(c2noc(-c3ccc(F)c(N)c3)n2)C1. The fourth-order valence-corrected chi connectivity index (χ4v) is 2.31. The van der Waals surface area contributed by atoms with Crippen molar-refractivity contribution in [2.24, 2.45) is 0 Å². The van der Waals surface area contributed by atoms with Crippen LogP contribution in [0.15, 0.2) is 22.7 Å². The molecule has 1 aliphatic heterocycles. The molecule has 1 aromatic heterocycles. The Hall–Kier alpha value is -1.99. The molecular weight excluding hydrogens is 275 g/mol. The van der Waals surface area contributed by atoms with Gasteiger partial charge in [0, 0.05) is 18.7 Å². The molecule has 0 amide bonds. The number of nitrogens with two attached hydrogens (primary N) is 1. The first-order valence-corrected chi connectivity index (χ1v) is 6.90. The Balaban J connectivity index is 1.81. The van der Waals surface area contributed by atoms with Gasteiger partial charge in [-0.05, 0) is 24.7 Å². The van der Waals surface area contributed by atoms with Crippen molar-refractivity contribution in [3.63, 3.8) is 0 Å². The molecule has 2 aromatic rings. The van der Waals surface area contributed by atoms with E-state index in [1.54, 1.807) is 6.07 Å². The number of nitrogens with zero attached hydrogens (tertiary/aromatic N) is 3. The van der Waals surface area contributed by atoms with Crippen LogP contribution in [0, 0.1) is 5.82 Å². The van der Waals surface area contributed by atoms with Crippen molar-refractivity contribution in [3.05, 3.63) is 29.8 Å². The van der Waals surface area contributed by atoms with Crippen molar-refractivity contribution in [2.75, 3.05) is 32.0 Å². The number of rotatable bonds is 3. The summed E-state index contributed by atoms with van der Waals surface area (Å²) in [7, 11) is 0. The quantitative estimate of drug-likeness (QED) is 0.870. The van der Waals surface area contributed by atoms with Crippen molar-refractivity contribution >= 4 is 5.69 Å². The van der Waals surface area contributed by atoms with E-state index in [0.717, 1.165) is 19.6 Å². The average Bonchev–Trinajstić information content (AvgIpc) is 3.00. The molecule has 1 aromatic carbocycles. The molecule has 112 valence electrons. The van der Waals surface area contributed by atoms with Gasteiger partial charge in [-0.2, -0.15) is 4.98 Å². The number of hydrogen-bond donors (Lipinski definition) is 1. The van der Waals surface area contributed by atoms with Gasteiger partial charge in [0.2, 0.25) is 5.82 Å². The summed E-state index contributed by atoms with van der Waals surface area (Å²) in [6, 6.07) is 4.32. The number of benzene rings is 1. The summed E-state index contributed by atoms with van der Waals surface area (Å²) in [5, 5.41) is 3.96. The summed E-state index contributed by atoms with van der Waals surface area (Å²) in [4.78, 5) is 6.60. The predicted octanol–water partition coefficient (Wildman–Crippen LogP) is 1.85. The van der Waals surface area contributed by atoms with E-state index >= 15 is 0 Å². The lowest BCUT2D eigenvalue weighted by Gasteiger charge is -2.30. The lowest BCUT2D eigenvalue weighted by molar-refractivity contribution is -0.0334. The lowest BCUT2D eigenvalue weighted by atomic mass is 10.2. The zero-order chi connectivity index (χ0) is 14.8. The normalized spacial score (nSPS) is 19.8. The molecule has 1 unspecified atom stereocenters. The summed E-state index contributed by atoms with van der Waals surface area (Å²) in [5.41, 5.74) is 6.19. The van der Waals surface area contributed by atoms with Crippen LogP contribution < -0.4 is 5.73 Å². The van der Waals surface area contributed by atoms with Crippen molar-refractivity contribution in [1.82, 2.24) is 15.0 Å². The van der Waals surface area contributed by atoms with E-state index in [9.17, 15) is 4.39 Å². The van der Waals surface area contributed by atoms with Crippen LogP contribution in [0.3, 0.4) is 0 Å². The predicted molar refractivity (Wildman–Crippen MR) is 74.9 cm³/mol.